The Kier molecular flexibility index (Phi) is 14.2. The third-order valence-electron chi connectivity index (χ3n) is 8.20. The lowest BCUT2D eigenvalue weighted by Gasteiger charge is -2.39. The van der Waals surface area contributed by atoms with Crippen LogP contribution in [0.2, 0.25) is 0 Å². The minimum absolute atomic E-state index is 0.178. The number of likely N-dealkylation sites (tertiary alicyclic amines) is 1. The zero-order valence-electron chi connectivity index (χ0n) is 26.8. The van der Waals surface area contributed by atoms with Crippen LogP contribution in [0.15, 0.2) is 36.9 Å². The number of benzene rings is 1. The quantitative estimate of drug-likeness (QED) is 0.178. The van der Waals surface area contributed by atoms with Gasteiger partial charge in [-0.25, -0.2) is 9.59 Å². The van der Waals surface area contributed by atoms with Crippen LogP contribution in [0.1, 0.15) is 70.5 Å². The summed E-state index contributed by atoms with van der Waals surface area (Å²) in [6, 6.07) is 5.97. The number of carbonyl (C=O) groups is 5. The summed E-state index contributed by atoms with van der Waals surface area (Å²) in [6.45, 7) is 10.3. The molecule has 2 aliphatic rings. The Bertz CT molecular complexity index is 1230. The molecule has 13 nitrogen and oxygen atoms in total. The molecule has 0 radical (unpaired) electrons. The number of morpholine rings is 1. The summed E-state index contributed by atoms with van der Waals surface area (Å²) in [6.07, 6.45) is 1.19. The van der Waals surface area contributed by atoms with E-state index in [1.54, 1.807) is 38.1 Å². The third kappa shape index (κ3) is 11.2. The highest BCUT2D eigenvalue weighted by Crippen LogP contribution is 2.30. The van der Waals surface area contributed by atoms with Crippen LogP contribution in [-0.2, 0) is 38.2 Å². The lowest BCUT2D eigenvalue weighted by Crippen LogP contribution is -2.55. The van der Waals surface area contributed by atoms with E-state index in [1.165, 1.54) is 4.90 Å². The number of anilines is 1. The smallest absolute Gasteiger partial charge is 0.330 e. The Balaban J connectivity index is 1.76. The number of carbonyl (C=O) groups excluding carboxylic acids is 4. The highest BCUT2D eigenvalue weighted by molar-refractivity contribution is 5.92. The number of esters is 2. The molecular formula is C33H47N3O10. The fourth-order valence-electron chi connectivity index (χ4n) is 5.42. The molecular weight excluding hydrogens is 598 g/mol. The maximum absolute atomic E-state index is 13.8. The van der Waals surface area contributed by atoms with Gasteiger partial charge in [-0.05, 0) is 56.3 Å². The minimum atomic E-state index is -1.54. The van der Waals surface area contributed by atoms with Crippen LogP contribution in [0.3, 0.4) is 0 Å². The standard InChI is InChI=1S/C33H47N3O10/c1-4-29(40)45-22-33(2,3)30(41)31(42)36-16-6-5-11-25(36)32(43)46-26(12-8-15-35-17-19-44-20-18-35)23-9-7-10-24(21-23)34-27(37)13-14-28(38)39/h4,7,9-10,21,25-26,30,41H,1,5-6,8,11-20,22H2,2-3H3,(H,34,37)(H,38,39)/t25-,26+,30?/m0/s1. The van der Waals surface area contributed by atoms with Crippen molar-refractivity contribution in [3.63, 3.8) is 0 Å². The van der Waals surface area contributed by atoms with Gasteiger partial charge in [-0.15, -0.1) is 0 Å². The first kappa shape index (κ1) is 36.7. The van der Waals surface area contributed by atoms with Crippen LogP contribution in [0.5, 0.6) is 0 Å². The van der Waals surface area contributed by atoms with Gasteiger partial charge in [-0.3, -0.25) is 19.3 Å². The van der Waals surface area contributed by atoms with E-state index in [4.69, 9.17) is 19.3 Å². The topological polar surface area (TPSA) is 172 Å². The van der Waals surface area contributed by atoms with Crippen molar-refractivity contribution in [2.45, 2.75) is 77.0 Å². The normalized spacial score (nSPS) is 18.6. The van der Waals surface area contributed by atoms with Crippen molar-refractivity contribution in [2.24, 2.45) is 5.41 Å². The number of piperidine rings is 1. The molecule has 13 heteroatoms. The maximum Gasteiger partial charge on any atom is 0.330 e. The van der Waals surface area contributed by atoms with Gasteiger partial charge in [0, 0.05) is 43.2 Å². The van der Waals surface area contributed by atoms with Crippen LogP contribution in [0, 0.1) is 5.41 Å². The molecule has 1 unspecified atom stereocenters. The van der Waals surface area contributed by atoms with Gasteiger partial charge in [0.15, 0.2) is 0 Å². The van der Waals surface area contributed by atoms with E-state index >= 15 is 0 Å². The molecule has 0 bridgehead atoms. The van der Waals surface area contributed by atoms with Crippen LogP contribution in [0.4, 0.5) is 5.69 Å². The lowest BCUT2D eigenvalue weighted by atomic mass is 9.85. The van der Waals surface area contributed by atoms with Gasteiger partial charge in [0.2, 0.25) is 5.91 Å². The van der Waals surface area contributed by atoms with Gasteiger partial charge >= 0.3 is 17.9 Å². The molecule has 254 valence electrons. The molecule has 3 N–H and O–H groups in total. The van der Waals surface area contributed by atoms with E-state index < -0.39 is 53.4 Å². The predicted molar refractivity (Wildman–Crippen MR) is 168 cm³/mol. The number of nitrogens with one attached hydrogen (secondary N) is 1. The largest absolute Gasteiger partial charge is 0.481 e. The molecule has 3 atom stereocenters. The van der Waals surface area contributed by atoms with Crippen molar-refractivity contribution in [2.75, 3.05) is 51.3 Å². The number of rotatable bonds is 16. The third-order valence-corrected chi connectivity index (χ3v) is 8.20. The Hall–Kier alpha value is -3.81. The average Bonchev–Trinajstić information content (AvgIpc) is 3.05. The number of aliphatic hydroxyl groups is 1. The second-order valence-corrected chi connectivity index (χ2v) is 12.3. The molecule has 2 fully saturated rings. The number of carboxylic acids is 1. The predicted octanol–water partition coefficient (Wildman–Crippen LogP) is 2.68. The maximum atomic E-state index is 13.8. The summed E-state index contributed by atoms with van der Waals surface area (Å²) in [4.78, 5) is 65.7. The second-order valence-electron chi connectivity index (χ2n) is 12.3. The van der Waals surface area contributed by atoms with Gasteiger partial charge in [0.1, 0.15) is 18.2 Å². The molecule has 2 aliphatic heterocycles. The molecule has 46 heavy (non-hydrogen) atoms. The minimum Gasteiger partial charge on any atom is -0.481 e. The van der Waals surface area contributed by atoms with E-state index in [-0.39, 0.29) is 26.0 Å². The number of amides is 2. The van der Waals surface area contributed by atoms with Gasteiger partial charge in [-0.2, -0.15) is 0 Å². The number of aliphatic carboxylic acids is 1. The molecule has 2 amide bonds. The Morgan fingerprint density at radius 2 is 1.87 bits per heavy atom. The van der Waals surface area contributed by atoms with Gasteiger partial charge in [-0.1, -0.05) is 32.6 Å². The number of hydrogen-bond donors (Lipinski definition) is 3. The number of hydrogen-bond acceptors (Lipinski definition) is 10. The Morgan fingerprint density at radius 1 is 1.13 bits per heavy atom. The highest BCUT2D eigenvalue weighted by atomic mass is 16.5. The van der Waals surface area contributed by atoms with E-state index in [0.717, 1.165) is 25.7 Å². The first-order valence-corrected chi connectivity index (χ1v) is 15.8. The fourth-order valence-corrected chi connectivity index (χ4v) is 5.42. The first-order valence-electron chi connectivity index (χ1n) is 15.8. The van der Waals surface area contributed by atoms with Crippen LogP contribution >= 0.6 is 0 Å². The van der Waals surface area contributed by atoms with Crippen molar-refractivity contribution in [1.29, 1.82) is 0 Å². The molecule has 0 aliphatic carbocycles. The molecule has 1 aromatic rings. The fraction of sp³-hybridized carbons (Fsp3) is 0.606. The summed E-state index contributed by atoms with van der Waals surface area (Å²) < 4.78 is 16.6. The lowest BCUT2D eigenvalue weighted by molar-refractivity contribution is -0.168. The molecule has 2 heterocycles. The van der Waals surface area contributed by atoms with Gasteiger partial charge in [0.05, 0.1) is 26.2 Å². The van der Waals surface area contributed by atoms with Crippen molar-refractivity contribution in [1.82, 2.24) is 9.80 Å². The van der Waals surface area contributed by atoms with Crippen molar-refractivity contribution in [3.05, 3.63) is 42.5 Å². The molecule has 0 saturated carbocycles. The Morgan fingerprint density at radius 3 is 2.57 bits per heavy atom. The number of carboxylic acid groups (broad SMARTS) is 1. The summed E-state index contributed by atoms with van der Waals surface area (Å²) >= 11 is 0. The van der Waals surface area contributed by atoms with E-state index in [9.17, 15) is 29.1 Å². The average molecular weight is 646 g/mol. The van der Waals surface area contributed by atoms with Crippen molar-refractivity contribution < 1.29 is 48.4 Å². The van der Waals surface area contributed by atoms with Crippen LogP contribution in [0.25, 0.3) is 0 Å². The van der Waals surface area contributed by atoms with E-state index in [2.05, 4.69) is 16.8 Å². The summed E-state index contributed by atoms with van der Waals surface area (Å²) in [5, 5.41) is 22.6. The van der Waals surface area contributed by atoms with Crippen LogP contribution < -0.4 is 5.32 Å². The van der Waals surface area contributed by atoms with Gasteiger partial charge in [0.25, 0.3) is 5.91 Å². The molecule has 1 aromatic carbocycles. The Labute approximate surface area is 269 Å². The second kappa shape index (κ2) is 17.8. The zero-order chi connectivity index (χ0) is 33.7. The summed E-state index contributed by atoms with van der Waals surface area (Å²) in [7, 11) is 0. The van der Waals surface area contributed by atoms with Crippen molar-refractivity contribution >= 4 is 35.4 Å². The summed E-state index contributed by atoms with van der Waals surface area (Å²) in [5.41, 5.74) is -0.0386. The molecule has 0 aromatic heterocycles. The van der Waals surface area contributed by atoms with Crippen molar-refractivity contribution in [3.8, 4) is 0 Å². The molecule has 2 saturated heterocycles. The first-order chi connectivity index (χ1) is 21.9. The number of ether oxygens (including phenoxy) is 3. The molecule has 0 spiro atoms. The van der Waals surface area contributed by atoms with Gasteiger partial charge < -0.3 is 34.6 Å². The molecule has 3 rings (SSSR count). The number of nitrogens with zero attached hydrogens (tertiary/aromatic N) is 2. The van der Waals surface area contributed by atoms with Crippen LogP contribution in [-0.4, -0.2) is 108 Å². The monoisotopic (exact) mass is 645 g/mol. The van der Waals surface area contributed by atoms with E-state index in [0.29, 0.717) is 56.6 Å². The van der Waals surface area contributed by atoms with E-state index in [1.807, 2.05) is 0 Å². The SMILES string of the molecule is C=CC(=O)OCC(C)(C)C(O)C(=O)N1CCCC[C@H]1C(=O)O[C@H](CCCN1CCOCC1)c1cccc(NC(=O)CCC(=O)O)c1. The zero-order valence-corrected chi connectivity index (χ0v) is 26.8. The number of aliphatic hydroxyl groups excluding tert-OH is 1. The highest BCUT2D eigenvalue weighted by Gasteiger charge is 2.42. The summed E-state index contributed by atoms with van der Waals surface area (Å²) in [5.74, 6) is -3.42.